The summed E-state index contributed by atoms with van der Waals surface area (Å²) in [4.78, 5) is 11.4. The molecule has 1 atom stereocenters. The molecule has 1 saturated heterocycles. The fourth-order valence-corrected chi connectivity index (χ4v) is 1.72. The molecule has 1 aliphatic rings. The van der Waals surface area contributed by atoms with Crippen molar-refractivity contribution in [1.29, 1.82) is 0 Å². The van der Waals surface area contributed by atoms with Gasteiger partial charge in [-0.15, -0.1) is 5.10 Å². The van der Waals surface area contributed by atoms with Crippen molar-refractivity contribution in [2.75, 3.05) is 11.9 Å². The first-order valence-corrected chi connectivity index (χ1v) is 5.79. The number of carbonyl (C=O) groups is 1. The van der Waals surface area contributed by atoms with Crippen LogP contribution < -0.4 is 16.0 Å². The van der Waals surface area contributed by atoms with Crippen LogP contribution in [0.4, 0.5) is 10.8 Å². The zero-order valence-electron chi connectivity index (χ0n) is 9.99. The van der Waals surface area contributed by atoms with E-state index in [-0.39, 0.29) is 24.1 Å². The number of aromatic nitrogens is 2. The van der Waals surface area contributed by atoms with Crippen LogP contribution >= 0.6 is 0 Å². The van der Waals surface area contributed by atoms with Crippen LogP contribution in [0.3, 0.4) is 0 Å². The molecule has 1 aliphatic heterocycles. The van der Waals surface area contributed by atoms with Gasteiger partial charge in [-0.25, -0.2) is 4.79 Å². The van der Waals surface area contributed by atoms with Crippen LogP contribution in [0.1, 0.15) is 38.6 Å². The number of urea groups is 1. The lowest BCUT2D eigenvalue weighted by Gasteiger charge is -2.07. The normalized spacial score (nSPS) is 19.6. The van der Waals surface area contributed by atoms with Crippen LogP contribution in [0.5, 0.6) is 0 Å². The Morgan fingerprint density at radius 1 is 1.53 bits per heavy atom. The third-order valence-electron chi connectivity index (χ3n) is 2.44. The standard InChI is InChI=1S/C10H17N5O2/c1-6(2)12-9(16)13-10-15-14-8(17-10)7-4-3-5-11-7/h6-7,11H,3-5H2,1-2H3,(H2,12,13,15,16). The van der Waals surface area contributed by atoms with E-state index in [4.69, 9.17) is 4.42 Å². The van der Waals surface area contributed by atoms with Gasteiger partial charge < -0.3 is 15.1 Å². The molecule has 0 spiro atoms. The van der Waals surface area contributed by atoms with Gasteiger partial charge in [-0.1, -0.05) is 5.10 Å². The maximum Gasteiger partial charge on any atom is 0.323 e. The average molecular weight is 239 g/mol. The number of hydrogen-bond acceptors (Lipinski definition) is 5. The van der Waals surface area contributed by atoms with Crippen LogP contribution in [-0.2, 0) is 0 Å². The van der Waals surface area contributed by atoms with E-state index in [2.05, 4.69) is 26.1 Å². The van der Waals surface area contributed by atoms with Gasteiger partial charge in [0.2, 0.25) is 5.89 Å². The van der Waals surface area contributed by atoms with Crippen molar-refractivity contribution in [1.82, 2.24) is 20.8 Å². The monoisotopic (exact) mass is 239 g/mol. The van der Waals surface area contributed by atoms with Crippen molar-refractivity contribution in [3.05, 3.63) is 5.89 Å². The highest BCUT2D eigenvalue weighted by Gasteiger charge is 2.22. The molecule has 0 aromatic carbocycles. The van der Waals surface area contributed by atoms with Crippen molar-refractivity contribution >= 4 is 12.0 Å². The molecular weight excluding hydrogens is 222 g/mol. The van der Waals surface area contributed by atoms with E-state index in [1.165, 1.54) is 0 Å². The SMILES string of the molecule is CC(C)NC(=O)Nc1nnc(C2CCCN2)o1. The van der Waals surface area contributed by atoms with Crippen LogP contribution in [0.2, 0.25) is 0 Å². The Hall–Kier alpha value is -1.63. The molecule has 0 radical (unpaired) electrons. The molecule has 0 saturated carbocycles. The first-order valence-electron chi connectivity index (χ1n) is 5.79. The number of hydrogen-bond donors (Lipinski definition) is 3. The van der Waals surface area contributed by atoms with Gasteiger partial charge in [-0.3, -0.25) is 5.32 Å². The second-order valence-corrected chi connectivity index (χ2v) is 4.35. The minimum atomic E-state index is -0.338. The highest BCUT2D eigenvalue weighted by atomic mass is 16.4. The van der Waals surface area contributed by atoms with E-state index >= 15 is 0 Å². The lowest BCUT2D eigenvalue weighted by molar-refractivity contribution is 0.249. The third kappa shape index (κ3) is 3.16. The van der Waals surface area contributed by atoms with Crippen molar-refractivity contribution in [3.8, 4) is 0 Å². The molecule has 7 heteroatoms. The van der Waals surface area contributed by atoms with E-state index < -0.39 is 0 Å². The van der Waals surface area contributed by atoms with Crippen LogP contribution in [0.15, 0.2) is 4.42 Å². The number of nitrogens with one attached hydrogen (secondary N) is 3. The van der Waals surface area contributed by atoms with Crippen molar-refractivity contribution in [2.45, 2.75) is 38.8 Å². The lowest BCUT2D eigenvalue weighted by Crippen LogP contribution is -2.34. The molecule has 17 heavy (non-hydrogen) atoms. The predicted octanol–water partition coefficient (Wildman–Crippen LogP) is 1.02. The van der Waals surface area contributed by atoms with Crippen molar-refractivity contribution in [2.24, 2.45) is 0 Å². The first-order chi connectivity index (χ1) is 8.15. The summed E-state index contributed by atoms with van der Waals surface area (Å²) in [5, 5.41) is 16.1. The third-order valence-corrected chi connectivity index (χ3v) is 2.44. The second kappa shape index (κ2) is 5.13. The van der Waals surface area contributed by atoms with Gasteiger partial charge in [-0.2, -0.15) is 0 Å². The Bertz CT molecular complexity index is 384. The molecule has 0 aliphatic carbocycles. The summed E-state index contributed by atoms with van der Waals surface area (Å²) in [6.45, 7) is 4.71. The van der Waals surface area contributed by atoms with Gasteiger partial charge in [0.1, 0.15) is 0 Å². The molecule has 1 fully saturated rings. The van der Waals surface area contributed by atoms with Gasteiger partial charge >= 0.3 is 12.0 Å². The Labute approximate surface area is 99.4 Å². The summed E-state index contributed by atoms with van der Waals surface area (Å²) < 4.78 is 5.36. The Balaban J connectivity index is 1.91. The highest BCUT2D eigenvalue weighted by Crippen LogP contribution is 2.22. The molecule has 7 nitrogen and oxygen atoms in total. The van der Waals surface area contributed by atoms with Crippen LogP contribution in [-0.4, -0.2) is 28.8 Å². The number of amides is 2. The summed E-state index contributed by atoms with van der Waals surface area (Å²) in [6.07, 6.45) is 2.09. The highest BCUT2D eigenvalue weighted by molar-refractivity contribution is 5.86. The van der Waals surface area contributed by atoms with E-state index in [0.29, 0.717) is 5.89 Å². The quantitative estimate of drug-likeness (QED) is 0.732. The van der Waals surface area contributed by atoms with E-state index in [9.17, 15) is 4.79 Å². The van der Waals surface area contributed by atoms with E-state index in [0.717, 1.165) is 19.4 Å². The zero-order valence-corrected chi connectivity index (χ0v) is 9.99. The predicted molar refractivity (Wildman–Crippen MR) is 61.6 cm³/mol. The Morgan fingerprint density at radius 3 is 3.00 bits per heavy atom. The van der Waals surface area contributed by atoms with Gasteiger partial charge in [0, 0.05) is 6.04 Å². The van der Waals surface area contributed by atoms with E-state index in [1.54, 1.807) is 0 Å². The molecule has 3 N–H and O–H groups in total. The smallest absolute Gasteiger partial charge is 0.323 e. The van der Waals surface area contributed by atoms with Gasteiger partial charge in [0.15, 0.2) is 0 Å². The number of carbonyl (C=O) groups excluding carboxylic acids is 1. The van der Waals surface area contributed by atoms with Crippen LogP contribution in [0.25, 0.3) is 0 Å². The molecule has 94 valence electrons. The maximum absolute atomic E-state index is 11.4. The van der Waals surface area contributed by atoms with Gasteiger partial charge in [-0.05, 0) is 33.2 Å². The molecule has 1 aromatic heterocycles. The average Bonchev–Trinajstić information content (AvgIpc) is 2.84. The Kier molecular flexibility index (Phi) is 3.58. The fourth-order valence-electron chi connectivity index (χ4n) is 1.72. The maximum atomic E-state index is 11.4. The number of anilines is 1. The molecule has 0 bridgehead atoms. The fraction of sp³-hybridized carbons (Fsp3) is 0.700. The summed E-state index contributed by atoms with van der Waals surface area (Å²) in [7, 11) is 0. The summed E-state index contributed by atoms with van der Waals surface area (Å²) in [6, 6.07) is -0.0264. The topological polar surface area (TPSA) is 92.1 Å². The molecule has 1 aromatic rings. The van der Waals surface area contributed by atoms with Crippen molar-refractivity contribution in [3.63, 3.8) is 0 Å². The minimum Gasteiger partial charge on any atom is -0.406 e. The number of nitrogens with zero attached hydrogens (tertiary/aromatic N) is 2. The summed E-state index contributed by atoms with van der Waals surface area (Å²) in [5.74, 6) is 0.530. The van der Waals surface area contributed by atoms with Crippen molar-refractivity contribution < 1.29 is 9.21 Å². The first kappa shape index (κ1) is 11.8. The zero-order chi connectivity index (χ0) is 12.3. The molecule has 2 heterocycles. The van der Waals surface area contributed by atoms with Crippen LogP contribution in [0, 0.1) is 0 Å². The minimum absolute atomic E-state index is 0.0638. The molecule has 2 amide bonds. The molecular formula is C10H17N5O2. The second-order valence-electron chi connectivity index (χ2n) is 4.35. The van der Waals surface area contributed by atoms with Gasteiger partial charge in [0.25, 0.3) is 0 Å². The molecule has 1 unspecified atom stereocenters. The summed E-state index contributed by atoms with van der Waals surface area (Å²) >= 11 is 0. The van der Waals surface area contributed by atoms with Gasteiger partial charge in [0.05, 0.1) is 6.04 Å². The lowest BCUT2D eigenvalue weighted by atomic mass is 10.2. The summed E-state index contributed by atoms with van der Waals surface area (Å²) in [5.41, 5.74) is 0. The van der Waals surface area contributed by atoms with E-state index in [1.807, 2.05) is 13.8 Å². The Morgan fingerprint density at radius 2 is 2.35 bits per heavy atom. The number of rotatable bonds is 3. The largest absolute Gasteiger partial charge is 0.406 e. The molecule has 2 rings (SSSR count).